The number of hydrogen-bond acceptors (Lipinski definition) is 4. The van der Waals surface area contributed by atoms with Crippen LogP contribution in [0.2, 0.25) is 10.0 Å². The largest absolute Gasteiger partial charge is 0.375 e. The maximum absolute atomic E-state index is 15.8. The monoisotopic (exact) mass is 517 g/mol. The van der Waals surface area contributed by atoms with Gasteiger partial charge in [-0.2, -0.15) is 0 Å². The number of amides is 2. The molecule has 9 heteroatoms. The summed E-state index contributed by atoms with van der Waals surface area (Å²) in [6, 6.07) is 9.78. The highest BCUT2D eigenvalue weighted by Gasteiger charge is 2.70. The summed E-state index contributed by atoms with van der Waals surface area (Å²) in [7, 11) is 1.49. The summed E-state index contributed by atoms with van der Waals surface area (Å²) in [6.45, 7) is 1.17. The summed E-state index contributed by atoms with van der Waals surface area (Å²) in [4.78, 5) is 31.3. The number of benzene rings is 2. The van der Waals surface area contributed by atoms with Gasteiger partial charge in [-0.25, -0.2) is 4.39 Å². The number of fused-ring (bicyclic) bond motifs is 3. The highest BCUT2D eigenvalue weighted by atomic mass is 35.5. The number of ether oxygens (including phenoxy) is 1. The molecule has 2 saturated heterocycles. The van der Waals surface area contributed by atoms with Crippen molar-refractivity contribution in [3.8, 4) is 0 Å². The number of carbonyl (C=O) groups is 2. The molecule has 1 saturated carbocycles. The van der Waals surface area contributed by atoms with Crippen molar-refractivity contribution in [2.24, 2.45) is 5.92 Å². The van der Waals surface area contributed by atoms with E-state index in [-0.39, 0.29) is 29.5 Å². The summed E-state index contributed by atoms with van der Waals surface area (Å²) in [5.74, 6) is -1.11. The van der Waals surface area contributed by atoms with Crippen LogP contribution in [0, 0.1) is 11.7 Å². The molecule has 1 aliphatic carbocycles. The second-order valence-corrected chi connectivity index (χ2v) is 10.8. The maximum atomic E-state index is 15.8. The van der Waals surface area contributed by atoms with Crippen LogP contribution in [-0.2, 0) is 19.9 Å². The minimum Gasteiger partial charge on any atom is -0.375 e. The van der Waals surface area contributed by atoms with Gasteiger partial charge in [0.25, 0.3) is 0 Å². The lowest BCUT2D eigenvalue weighted by Gasteiger charge is -2.41. The molecule has 184 valence electrons. The Morgan fingerprint density at radius 1 is 1.23 bits per heavy atom. The SMILES string of the molecule is COCC(=O)N1CC[C@H]2C1[C@H](c1cccc(Cl)c1F)[C@]1(C(=O)Nc3cc(Cl)ccc31)N2CC1CC1. The van der Waals surface area contributed by atoms with E-state index in [4.69, 9.17) is 27.9 Å². The Morgan fingerprint density at radius 3 is 2.77 bits per heavy atom. The Balaban J connectivity index is 1.61. The summed E-state index contributed by atoms with van der Waals surface area (Å²) in [6.07, 6.45) is 2.90. The van der Waals surface area contributed by atoms with Crippen molar-refractivity contribution in [2.75, 3.05) is 32.1 Å². The van der Waals surface area contributed by atoms with Gasteiger partial charge in [-0.15, -0.1) is 0 Å². The molecular formula is C26H26Cl2FN3O3. The lowest BCUT2D eigenvalue weighted by atomic mass is 9.73. The third-order valence-corrected chi connectivity index (χ3v) is 8.63. The molecule has 6 nitrogen and oxygen atoms in total. The first-order valence-electron chi connectivity index (χ1n) is 12.0. The minimum absolute atomic E-state index is 0.00246. The van der Waals surface area contributed by atoms with Crippen LogP contribution in [0.1, 0.15) is 36.3 Å². The lowest BCUT2D eigenvalue weighted by molar-refractivity contribution is -0.137. The fourth-order valence-electron chi connectivity index (χ4n) is 6.64. The highest BCUT2D eigenvalue weighted by molar-refractivity contribution is 6.31. The standard InChI is InChI=1S/C26H26Cl2FN3O3/c1-35-13-21(33)31-10-9-20-24(31)22(16-3-2-4-18(28)23(16)29)26(32(20)12-14-5-6-14)17-8-7-15(27)11-19(17)30-25(26)34/h2-4,7-8,11,14,20,22,24H,5-6,9-10,12-13H2,1H3,(H,30,34)/t20-,22-,24?,26+/m0/s1. The number of carbonyl (C=O) groups excluding carboxylic acids is 2. The average molecular weight is 518 g/mol. The third kappa shape index (κ3) is 3.35. The van der Waals surface area contributed by atoms with Gasteiger partial charge in [-0.3, -0.25) is 14.5 Å². The number of halogens is 3. The molecule has 4 aliphatic rings. The molecule has 2 amide bonds. The van der Waals surface area contributed by atoms with Gasteiger partial charge in [0.2, 0.25) is 11.8 Å². The first-order valence-corrected chi connectivity index (χ1v) is 12.7. The molecule has 0 bridgehead atoms. The van der Waals surface area contributed by atoms with Gasteiger partial charge in [0.05, 0.1) is 11.1 Å². The van der Waals surface area contributed by atoms with Gasteiger partial charge in [0.15, 0.2) is 0 Å². The molecule has 2 aromatic rings. The Bertz CT molecular complexity index is 1220. The van der Waals surface area contributed by atoms with Crippen LogP contribution in [0.5, 0.6) is 0 Å². The molecule has 1 spiro atoms. The van der Waals surface area contributed by atoms with Gasteiger partial charge in [0.1, 0.15) is 18.0 Å². The summed E-state index contributed by atoms with van der Waals surface area (Å²) < 4.78 is 20.9. The molecule has 3 aliphatic heterocycles. The van der Waals surface area contributed by atoms with Crippen molar-refractivity contribution >= 4 is 40.7 Å². The van der Waals surface area contributed by atoms with Gasteiger partial charge in [-0.1, -0.05) is 41.4 Å². The Hall–Kier alpha value is -2.19. The first-order chi connectivity index (χ1) is 16.9. The van der Waals surface area contributed by atoms with Crippen molar-refractivity contribution in [1.29, 1.82) is 0 Å². The van der Waals surface area contributed by atoms with E-state index in [2.05, 4.69) is 10.2 Å². The molecule has 4 atom stereocenters. The van der Waals surface area contributed by atoms with Crippen LogP contribution < -0.4 is 5.32 Å². The Labute approximate surface area is 213 Å². The zero-order valence-corrected chi connectivity index (χ0v) is 20.8. The van der Waals surface area contributed by atoms with Gasteiger partial charge < -0.3 is 15.0 Å². The zero-order chi connectivity index (χ0) is 24.5. The van der Waals surface area contributed by atoms with E-state index in [0.29, 0.717) is 41.7 Å². The van der Waals surface area contributed by atoms with Gasteiger partial charge in [0, 0.05) is 48.4 Å². The van der Waals surface area contributed by atoms with Crippen LogP contribution in [0.15, 0.2) is 36.4 Å². The van der Waals surface area contributed by atoms with Crippen LogP contribution in [0.25, 0.3) is 0 Å². The Kier molecular flexibility index (Phi) is 5.60. The quantitative estimate of drug-likeness (QED) is 0.638. The van der Waals surface area contributed by atoms with E-state index < -0.39 is 23.3 Å². The molecule has 1 N–H and O–H groups in total. The maximum Gasteiger partial charge on any atom is 0.250 e. The van der Waals surface area contributed by atoms with E-state index in [1.807, 2.05) is 6.07 Å². The first kappa shape index (κ1) is 23.2. The summed E-state index contributed by atoms with van der Waals surface area (Å²) >= 11 is 12.5. The molecule has 6 rings (SSSR count). The lowest BCUT2D eigenvalue weighted by Crippen LogP contribution is -2.53. The minimum atomic E-state index is -1.19. The molecule has 0 radical (unpaired) electrons. The molecule has 1 unspecified atom stereocenters. The van der Waals surface area contributed by atoms with E-state index in [9.17, 15) is 9.59 Å². The second-order valence-electron chi connectivity index (χ2n) is 9.99. The fraction of sp³-hybridized carbons (Fsp3) is 0.462. The number of nitrogens with one attached hydrogen (secondary N) is 1. The van der Waals surface area contributed by atoms with Gasteiger partial charge >= 0.3 is 0 Å². The van der Waals surface area contributed by atoms with Crippen molar-refractivity contribution in [2.45, 2.75) is 42.8 Å². The molecule has 35 heavy (non-hydrogen) atoms. The topological polar surface area (TPSA) is 61.9 Å². The molecular weight excluding hydrogens is 492 g/mol. The number of nitrogens with zero attached hydrogens (tertiary/aromatic N) is 2. The number of methoxy groups -OCH3 is 1. The third-order valence-electron chi connectivity index (χ3n) is 8.11. The second kappa shape index (κ2) is 8.44. The number of anilines is 1. The number of rotatable bonds is 5. The van der Waals surface area contributed by atoms with E-state index >= 15 is 4.39 Å². The van der Waals surface area contributed by atoms with E-state index in [0.717, 1.165) is 18.4 Å². The van der Waals surface area contributed by atoms with Crippen LogP contribution in [0.4, 0.5) is 10.1 Å². The van der Waals surface area contributed by atoms with Crippen molar-refractivity contribution in [1.82, 2.24) is 9.80 Å². The normalized spacial score (nSPS) is 29.5. The predicted octanol–water partition coefficient (Wildman–Crippen LogP) is 4.41. The zero-order valence-electron chi connectivity index (χ0n) is 19.3. The molecule has 3 fully saturated rings. The Morgan fingerprint density at radius 2 is 2.03 bits per heavy atom. The van der Waals surface area contributed by atoms with Crippen LogP contribution >= 0.6 is 23.2 Å². The molecule has 2 aromatic carbocycles. The molecule has 3 heterocycles. The number of hydrogen-bond donors (Lipinski definition) is 1. The van der Waals surface area contributed by atoms with Crippen LogP contribution in [0.3, 0.4) is 0 Å². The summed E-state index contributed by atoms with van der Waals surface area (Å²) in [5.41, 5.74) is 0.562. The summed E-state index contributed by atoms with van der Waals surface area (Å²) in [5, 5.41) is 3.55. The molecule has 0 aromatic heterocycles. The van der Waals surface area contributed by atoms with E-state index in [1.54, 1.807) is 29.2 Å². The average Bonchev–Trinajstić information content (AvgIpc) is 3.38. The number of likely N-dealkylation sites (tertiary alicyclic amines) is 2. The van der Waals surface area contributed by atoms with Crippen LogP contribution in [-0.4, -0.2) is 60.5 Å². The van der Waals surface area contributed by atoms with Crippen molar-refractivity contribution in [3.63, 3.8) is 0 Å². The smallest absolute Gasteiger partial charge is 0.250 e. The highest BCUT2D eigenvalue weighted by Crippen LogP contribution is 2.61. The van der Waals surface area contributed by atoms with Crippen molar-refractivity contribution in [3.05, 3.63) is 63.4 Å². The van der Waals surface area contributed by atoms with Crippen molar-refractivity contribution < 1.29 is 18.7 Å². The fourth-order valence-corrected chi connectivity index (χ4v) is 6.99. The van der Waals surface area contributed by atoms with E-state index in [1.165, 1.54) is 13.2 Å². The predicted molar refractivity (Wildman–Crippen MR) is 131 cm³/mol. The van der Waals surface area contributed by atoms with Gasteiger partial charge in [-0.05, 0) is 48.9 Å².